The molecule has 7 heteroatoms. The molecular weight excluding hydrogens is 296 g/mol. The minimum Gasteiger partial charge on any atom is -0.422 e. The van der Waals surface area contributed by atoms with Crippen molar-refractivity contribution in [3.05, 3.63) is 57.7 Å². The molecular formula is C16H14N4O3. The Morgan fingerprint density at radius 2 is 2.04 bits per heavy atom. The van der Waals surface area contributed by atoms with Gasteiger partial charge in [-0.1, -0.05) is 12.1 Å². The van der Waals surface area contributed by atoms with E-state index in [-0.39, 0.29) is 6.03 Å². The maximum atomic E-state index is 12.5. The summed E-state index contributed by atoms with van der Waals surface area (Å²) in [4.78, 5) is 24.6. The van der Waals surface area contributed by atoms with E-state index in [0.29, 0.717) is 22.2 Å². The van der Waals surface area contributed by atoms with Gasteiger partial charge in [-0.15, -0.1) is 0 Å². The van der Waals surface area contributed by atoms with Gasteiger partial charge in [0.2, 0.25) is 0 Å². The Hall–Kier alpha value is -3.09. The Bertz CT molecular complexity index is 983. The van der Waals surface area contributed by atoms with Gasteiger partial charge >= 0.3 is 11.7 Å². The van der Waals surface area contributed by atoms with Crippen molar-refractivity contribution in [1.29, 1.82) is 0 Å². The molecule has 1 aliphatic rings. The van der Waals surface area contributed by atoms with Crippen LogP contribution in [0.3, 0.4) is 0 Å². The molecule has 23 heavy (non-hydrogen) atoms. The van der Waals surface area contributed by atoms with E-state index in [1.54, 1.807) is 30.1 Å². The number of nitrogens with zero attached hydrogens (tertiary/aromatic N) is 2. The van der Waals surface area contributed by atoms with Crippen LogP contribution in [0.2, 0.25) is 0 Å². The number of rotatable bonds is 1. The molecule has 0 bridgehead atoms. The average Bonchev–Trinajstić information content (AvgIpc) is 2.85. The molecule has 3 aromatic rings. The SMILES string of the molecule is Cc1cnn(C)c1C1NC(=O)Nc2c1c(=O)oc1ccccc21. The van der Waals surface area contributed by atoms with Gasteiger partial charge in [0, 0.05) is 12.4 Å². The first-order valence-electron chi connectivity index (χ1n) is 7.18. The molecule has 1 aliphatic heterocycles. The van der Waals surface area contributed by atoms with Gasteiger partial charge in [-0.3, -0.25) is 4.68 Å². The Balaban J connectivity index is 2.06. The van der Waals surface area contributed by atoms with E-state index in [1.807, 2.05) is 19.1 Å². The summed E-state index contributed by atoms with van der Waals surface area (Å²) in [5.74, 6) is 0. The first kappa shape index (κ1) is 13.6. The third-order valence-corrected chi connectivity index (χ3v) is 4.10. The van der Waals surface area contributed by atoms with Crippen LogP contribution >= 0.6 is 0 Å². The van der Waals surface area contributed by atoms with Crippen LogP contribution in [0.1, 0.15) is 22.9 Å². The van der Waals surface area contributed by atoms with Crippen LogP contribution < -0.4 is 16.3 Å². The second-order valence-corrected chi connectivity index (χ2v) is 5.54. The summed E-state index contributed by atoms with van der Waals surface area (Å²) >= 11 is 0. The number of carbonyl (C=O) groups excluding carboxylic acids is 1. The second kappa shape index (κ2) is 4.70. The van der Waals surface area contributed by atoms with Crippen molar-refractivity contribution in [2.45, 2.75) is 13.0 Å². The van der Waals surface area contributed by atoms with Gasteiger partial charge in [-0.05, 0) is 24.6 Å². The lowest BCUT2D eigenvalue weighted by Gasteiger charge is -2.27. The minimum atomic E-state index is -0.605. The van der Waals surface area contributed by atoms with Crippen LogP contribution in [0.15, 0.2) is 39.7 Å². The van der Waals surface area contributed by atoms with Crippen molar-refractivity contribution in [3.63, 3.8) is 0 Å². The number of nitrogens with one attached hydrogen (secondary N) is 2. The van der Waals surface area contributed by atoms with Gasteiger partial charge in [0.25, 0.3) is 0 Å². The summed E-state index contributed by atoms with van der Waals surface area (Å²) in [5, 5.41) is 10.4. The van der Waals surface area contributed by atoms with E-state index in [1.165, 1.54) is 0 Å². The van der Waals surface area contributed by atoms with Crippen molar-refractivity contribution < 1.29 is 9.21 Å². The van der Waals surface area contributed by atoms with Crippen LogP contribution in [0.5, 0.6) is 0 Å². The van der Waals surface area contributed by atoms with Crippen molar-refractivity contribution in [2.75, 3.05) is 5.32 Å². The van der Waals surface area contributed by atoms with E-state index in [4.69, 9.17) is 4.42 Å². The monoisotopic (exact) mass is 310 g/mol. The minimum absolute atomic E-state index is 0.362. The van der Waals surface area contributed by atoms with E-state index >= 15 is 0 Å². The molecule has 2 aromatic heterocycles. The number of urea groups is 1. The lowest BCUT2D eigenvalue weighted by atomic mass is 9.97. The summed E-state index contributed by atoms with van der Waals surface area (Å²) in [7, 11) is 1.78. The fourth-order valence-corrected chi connectivity index (χ4v) is 3.09. The third-order valence-electron chi connectivity index (χ3n) is 4.10. The highest BCUT2D eigenvalue weighted by Gasteiger charge is 2.33. The summed E-state index contributed by atoms with van der Waals surface area (Å²) in [6, 6.07) is 6.17. The summed E-state index contributed by atoms with van der Waals surface area (Å²) in [6.07, 6.45) is 1.70. The summed E-state index contributed by atoms with van der Waals surface area (Å²) < 4.78 is 7.08. The quantitative estimate of drug-likeness (QED) is 0.673. The number of benzene rings is 1. The van der Waals surface area contributed by atoms with Crippen molar-refractivity contribution in [3.8, 4) is 0 Å². The van der Waals surface area contributed by atoms with Crippen LogP contribution in [0, 0.1) is 6.92 Å². The molecule has 0 spiro atoms. The van der Waals surface area contributed by atoms with Gasteiger partial charge < -0.3 is 15.1 Å². The Labute approximate surface area is 130 Å². The number of aromatic nitrogens is 2. The molecule has 4 rings (SSSR count). The number of hydrogen-bond acceptors (Lipinski definition) is 4. The molecule has 3 heterocycles. The second-order valence-electron chi connectivity index (χ2n) is 5.54. The van der Waals surface area contributed by atoms with Crippen LogP contribution in [-0.2, 0) is 7.05 Å². The highest BCUT2D eigenvalue weighted by Crippen LogP contribution is 2.35. The standard InChI is InChI=1S/C16H14N4O3/c1-8-7-17-20(2)14(8)13-11-12(18-16(22)19-13)9-5-3-4-6-10(9)23-15(11)21/h3-7,13H,1-2H3,(H2,18,19,22). The number of amides is 2. The van der Waals surface area contributed by atoms with Gasteiger partial charge in [-0.25, -0.2) is 9.59 Å². The predicted octanol–water partition coefficient (Wildman–Crippen LogP) is 2.06. The normalized spacial score (nSPS) is 16.8. The summed E-state index contributed by atoms with van der Waals surface area (Å²) in [6.45, 7) is 1.89. The van der Waals surface area contributed by atoms with Crippen molar-refractivity contribution in [2.24, 2.45) is 7.05 Å². The smallest absolute Gasteiger partial charge is 0.344 e. The van der Waals surface area contributed by atoms with Gasteiger partial charge in [0.1, 0.15) is 11.6 Å². The molecule has 2 N–H and O–H groups in total. The number of fused-ring (bicyclic) bond motifs is 3. The molecule has 1 atom stereocenters. The topological polar surface area (TPSA) is 89.2 Å². The summed E-state index contributed by atoms with van der Waals surface area (Å²) in [5.41, 5.74) is 2.49. The van der Waals surface area contributed by atoms with E-state index < -0.39 is 11.7 Å². The maximum Gasteiger partial charge on any atom is 0.344 e. The van der Waals surface area contributed by atoms with E-state index in [0.717, 1.165) is 11.3 Å². The van der Waals surface area contributed by atoms with Crippen LogP contribution in [0.25, 0.3) is 11.0 Å². The first-order chi connectivity index (χ1) is 11.1. The molecule has 1 unspecified atom stereocenters. The predicted molar refractivity (Wildman–Crippen MR) is 84.4 cm³/mol. The Morgan fingerprint density at radius 3 is 2.78 bits per heavy atom. The molecule has 0 aliphatic carbocycles. The Kier molecular flexibility index (Phi) is 2.77. The lowest BCUT2D eigenvalue weighted by Crippen LogP contribution is -2.42. The van der Waals surface area contributed by atoms with Crippen molar-refractivity contribution >= 4 is 22.7 Å². The molecule has 0 saturated carbocycles. The fourth-order valence-electron chi connectivity index (χ4n) is 3.09. The molecule has 0 fully saturated rings. The number of hydrogen-bond donors (Lipinski definition) is 2. The molecule has 2 amide bonds. The Morgan fingerprint density at radius 1 is 1.26 bits per heavy atom. The average molecular weight is 310 g/mol. The van der Waals surface area contributed by atoms with E-state index in [2.05, 4.69) is 15.7 Å². The molecule has 116 valence electrons. The zero-order valence-corrected chi connectivity index (χ0v) is 12.6. The van der Waals surface area contributed by atoms with Crippen molar-refractivity contribution in [1.82, 2.24) is 15.1 Å². The zero-order chi connectivity index (χ0) is 16.1. The molecule has 7 nitrogen and oxygen atoms in total. The first-order valence-corrected chi connectivity index (χ1v) is 7.18. The maximum absolute atomic E-state index is 12.5. The lowest BCUT2D eigenvalue weighted by molar-refractivity contribution is 0.248. The highest BCUT2D eigenvalue weighted by atomic mass is 16.4. The zero-order valence-electron chi connectivity index (χ0n) is 12.6. The van der Waals surface area contributed by atoms with Crippen LogP contribution in [-0.4, -0.2) is 15.8 Å². The number of carbonyl (C=O) groups is 1. The molecule has 0 radical (unpaired) electrons. The number of para-hydroxylation sites is 1. The van der Waals surface area contributed by atoms with Gasteiger partial charge in [0.15, 0.2) is 0 Å². The third kappa shape index (κ3) is 1.93. The number of aryl methyl sites for hydroxylation is 2. The molecule has 1 aromatic carbocycles. The molecule has 0 saturated heterocycles. The fraction of sp³-hybridized carbons (Fsp3) is 0.188. The van der Waals surface area contributed by atoms with Crippen LogP contribution in [0.4, 0.5) is 10.5 Å². The van der Waals surface area contributed by atoms with E-state index in [9.17, 15) is 9.59 Å². The largest absolute Gasteiger partial charge is 0.422 e. The highest BCUT2D eigenvalue weighted by molar-refractivity contribution is 6.03. The van der Waals surface area contributed by atoms with Gasteiger partial charge in [-0.2, -0.15) is 5.10 Å². The number of anilines is 1. The van der Waals surface area contributed by atoms with Gasteiger partial charge in [0.05, 0.1) is 23.1 Å².